The lowest BCUT2D eigenvalue weighted by molar-refractivity contribution is 0.315. The van der Waals surface area contributed by atoms with Gasteiger partial charge in [-0.25, -0.2) is 0 Å². The van der Waals surface area contributed by atoms with Gasteiger partial charge in [0.15, 0.2) is 0 Å². The highest BCUT2D eigenvalue weighted by Crippen LogP contribution is 2.08. The average molecular weight is 241 g/mol. The zero-order valence-corrected chi connectivity index (χ0v) is 12.6. The van der Waals surface area contributed by atoms with Gasteiger partial charge in [0.1, 0.15) is 0 Å². The van der Waals surface area contributed by atoms with Gasteiger partial charge in [0.2, 0.25) is 0 Å². The van der Waals surface area contributed by atoms with Gasteiger partial charge in [-0.2, -0.15) is 0 Å². The monoisotopic (exact) mass is 241 g/mol. The average Bonchev–Trinajstić information content (AvgIpc) is 2.33. The van der Waals surface area contributed by atoms with Crippen LogP contribution < -0.4 is 0 Å². The molecule has 0 unspecified atom stereocenters. The van der Waals surface area contributed by atoms with Crippen LogP contribution in [0.2, 0.25) is 0 Å². The predicted octanol–water partition coefficient (Wildman–Crippen LogP) is 5.25. The van der Waals surface area contributed by atoms with Gasteiger partial charge >= 0.3 is 0 Å². The Kier molecular flexibility index (Phi) is 14.0. The van der Waals surface area contributed by atoms with E-state index in [1.54, 1.807) is 0 Å². The van der Waals surface area contributed by atoms with E-state index in [0.717, 1.165) is 0 Å². The summed E-state index contributed by atoms with van der Waals surface area (Å²) in [6, 6.07) is 0. The van der Waals surface area contributed by atoms with Crippen LogP contribution in [-0.2, 0) is 0 Å². The van der Waals surface area contributed by atoms with Crippen molar-refractivity contribution >= 4 is 0 Å². The second-order valence-electron chi connectivity index (χ2n) is 5.49. The molecule has 0 aliphatic rings. The maximum absolute atomic E-state index is 2.51. The molecule has 0 bridgehead atoms. The summed E-state index contributed by atoms with van der Waals surface area (Å²) in [6.45, 7) is 7.16. The minimum absolute atomic E-state index is 1.30. The maximum Gasteiger partial charge on any atom is -0.00218 e. The highest BCUT2D eigenvalue weighted by molar-refractivity contribution is 4.53. The lowest BCUT2D eigenvalue weighted by Gasteiger charge is -2.15. The molecule has 1 heteroatoms. The summed E-state index contributed by atoms with van der Waals surface area (Å²) in [5.74, 6) is 0. The molecule has 0 radical (unpaired) electrons. The van der Waals surface area contributed by atoms with Gasteiger partial charge in [0.05, 0.1) is 0 Å². The van der Waals surface area contributed by atoms with Crippen LogP contribution >= 0.6 is 0 Å². The summed E-state index contributed by atoms with van der Waals surface area (Å²) in [7, 11) is 2.27. The Bertz CT molecular complexity index is 133. The Morgan fingerprint density at radius 3 is 1.41 bits per heavy atom. The molecule has 1 nitrogen and oxygen atoms in total. The van der Waals surface area contributed by atoms with Crippen LogP contribution in [0.25, 0.3) is 0 Å². The van der Waals surface area contributed by atoms with Crippen molar-refractivity contribution < 1.29 is 0 Å². The summed E-state index contributed by atoms with van der Waals surface area (Å²) in [5, 5.41) is 0. The predicted molar refractivity (Wildman–Crippen MR) is 79.6 cm³/mol. The molecule has 0 aromatic rings. The lowest BCUT2D eigenvalue weighted by Crippen LogP contribution is -2.20. The largest absolute Gasteiger partial charge is 0.306 e. The molecule has 0 N–H and O–H groups in total. The van der Waals surface area contributed by atoms with Crippen molar-refractivity contribution in [2.45, 2.75) is 84.5 Å². The first-order chi connectivity index (χ1) is 8.31. The van der Waals surface area contributed by atoms with Crippen molar-refractivity contribution in [2.75, 3.05) is 20.1 Å². The summed E-state index contributed by atoms with van der Waals surface area (Å²) >= 11 is 0. The normalized spacial score (nSPS) is 11.3. The molecular weight excluding hydrogens is 206 g/mol. The van der Waals surface area contributed by atoms with Gasteiger partial charge in [-0.15, -0.1) is 0 Å². The van der Waals surface area contributed by atoms with E-state index >= 15 is 0 Å². The van der Waals surface area contributed by atoms with Crippen LogP contribution in [0.3, 0.4) is 0 Å². The topological polar surface area (TPSA) is 3.24 Å². The minimum atomic E-state index is 1.30. The van der Waals surface area contributed by atoms with Crippen LogP contribution in [0, 0.1) is 0 Å². The number of unbranched alkanes of at least 4 members (excludes halogenated alkanes) is 9. The van der Waals surface area contributed by atoms with Gasteiger partial charge in [-0.1, -0.05) is 71.6 Å². The molecule has 0 saturated carbocycles. The van der Waals surface area contributed by atoms with E-state index in [0.29, 0.717) is 0 Å². The summed E-state index contributed by atoms with van der Waals surface area (Å²) < 4.78 is 0. The Balaban J connectivity index is 3.05. The highest BCUT2D eigenvalue weighted by atomic mass is 15.1. The van der Waals surface area contributed by atoms with Crippen LogP contribution in [0.1, 0.15) is 84.5 Å². The fraction of sp³-hybridized carbons (Fsp3) is 1.00. The molecule has 0 aromatic heterocycles. The molecule has 0 heterocycles. The van der Waals surface area contributed by atoms with Gasteiger partial charge in [0, 0.05) is 0 Å². The Hall–Kier alpha value is -0.0400. The third-order valence-electron chi connectivity index (χ3n) is 3.54. The van der Waals surface area contributed by atoms with E-state index in [9.17, 15) is 0 Å². The number of hydrogen-bond donors (Lipinski definition) is 0. The van der Waals surface area contributed by atoms with Gasteiger partial charge < -0.3 is 4.90 Å². The maximum atomic E-state index is 2.51. The summed E-state index contributed by atoms with van der Waals surface area (Å²) in [5.41, 5.74) is 0. The summed E-state index contributed by atoms with van der Waals surface area (Å²) in [6.07, 6.45) is 15.6. The fourth-order valence-electron chi connectivity index (χ4n) is 2.26. The molecule has 0 aromatic carbocycles. The lowest BCUT2D eigenvalue weighted by atomic mass is 10.1. The van der Waals surface area contributed by atoms with Crippen LogP contribution in [0.5, 0.6) is 0 Å². The van der Waals surface area contributed by atoms with Gasteiger partial charge in [-0.05, 0) is 33.0 Å². The first-order valence-corrected chi connectivity index (χ1v) is 7.99. The van der Waals surface area contributed by atoms with Crippen LogP contribution in [0.15, 0.2) is 0 Å². The quantitative estimate of drug-likeness (QED) is 0.398. The third kappa shape index (κ3) is 13.9. The number of hydrogen-bond acceptors (Lipinski definition) is 1. The van der Waals surface area contributed by atoms with E-state index in [1.807, 2.05) is 0 Å². The standard InChI is InChI=1S/C16H35N/c1-4-6-8-9-10-11-12-14-16-17(3)15-13-7-5-2/h4-16H2,1-3H3. The van der Waals surface area contributed by atoms with Crippen LogP contribution in [0.4, 0.5) is 0 Å². The van der Waals surface area contributed by atoms with Gasteiger partial charge in [0.25, 0.3) is 0 Å². The van der Waals surface area contributed by atoms with E-state index in [2.05, 4.69) is 25.8 Å². The van der Waals surface area contributed by atoms with Crippen LogP contribution in [-0.4, -0.2) is 25.0 Å². The van der Waals surface area contributed by atoms with E-state index < -0.39 is 0 Å². The van der Waals surface area contributed by atoms with Crippen molar-refractivity contribution in [3.63, 3.8) is 0 Å². The number of nitrogens with zero attached hydrogens (tertiary/aromatic N) is 1. The Morgan fingerprint density at radius 2 is 0.882 bits per heavy atom. The molecule has 0 rings (SSSR count). The van der Waals surface area contributed by atoms with E-state index in [-0.39, 0.29) is 0 Å². The molecule has 0 fully saturated rings. The highest BCUT2D eigenvalue weighted by Gasteiger charge is 1.97. The Labute approximate surface area is 110 Å². The molecule has 0 atom stereocenters. The molecular formula is C16H35N. The second-order valence-corrected chi connectivity index (χ2v) is 5.49. The molecule has 0 saturated heterocycles. The molecule has 0 spiro atoms. The molecule has 17 heavy (non-hydrogen) atoms. The minimum Gasteiger partial charge on any atom is -0.306 e. The zero-order valence-electron chi connectivity index (χ0n) is 12.6. The molecule has 0 amide bonds. The van der Waals surface area contributed by atoms with Crippen molar-refractivity contribution in [3.05, 3.63) is 0 Å². The first kappa shape index (κ1) is 17.0. The van der Waals surface area contributed by atoms with E-state index in [1.165, 1.54) is 83.7 Å². The van der Waals surface area contributed by atoms with Gasteiger partial charge in [-0.3, -0.25) is 0 Å². The smallest absolute Gasteiger partial charge is 0.00218 e. The number of rotatable bonds is 13. The Morgan fingerprint density at radius 1 is 0.529 bits per heavy atom. The third-order valence-corrected chi connectivity index (χ3v) is 3.54. The first-order valence-electron chi connectivity index (χ1n) is 7.99. The van der Waals surface area contributed by atoms with Crippen molar-refractivity contribution in [1.82, 2.24) is 4.90 Å². The fourth-order valence-corrected chi connectivity index (χ4v) is 2.26. The molecule has 104 valence electrons. The second kappa shape index (κ2) is 14.0. The molecule has 0 aliphatic heterocycles. The summed E-state index contributed by atoms with van der Waals surface area (Å²) in [4.78, 5) is 2.51. The van der Waals surface area contributed by atoms with Crippen molar-refractivity contribution in [3.8, 4) is 0 Å². The van der Waals surface area contributed by atoms with Crippen molar-refractivity contribution in [2.24, 2.45) is 0 Å². The SMILES string of the molecule is CCCCCCCCCCN(C)CCCCC. The van der Waals surface area contributed by atoms with E-state index in [4.69, 9.17) is 0 Å². The zero-order chi connectivity index (χ0) is 12.8. The van der Waals surface area contributed by atoms with Crippen molar-refractivity contribution in [1.29, 1.82) is 0 Å². The molecule has 0 aliphatic carbocycles.